The lowest BCUT2D eigenvalue weighted by atomic mass is 10.1. The first kappa shape index (κ1) is 23.1. The van der Waals surface area contributed by atoms with Gasteiger partial charge in [0, 0.05) is 30.4 Å². The summed E-state index contributed by atoms with van der Waals surface area (Å²) >= 11 is 0. The van der Waals surface area contributed by atoms with Crippen molar-refractivity contribution >= 4 is 17.7 Å². The van der Waals surface area contributed by atoms with E-state index < -0.39 is 0 Å². The minimum Gasteiger partial charge on any atom is -0.292 e. The van der Waals surface area contributed by atoms with Gasteiger partial charge in [0.15, 0.2) is 0 Å². The molecule has 0 bridgehead atoms. The van der Waals surface area contributed by atoms with Crippen molar-refractivity contribution < 1.29 is 4.79 Å². The molecule has 0 spiro atoms. The Morgan fingerprint density at radius 2 is 1.53 bits per heavy atom. The van der Waals surface area contributed by atoms with Crippen LogP contribution >= 0.6 is 0 Å². The molecule has 5 rings (SSSR count). The Hall–Kier alpha value is -4.66. The zero-order valence-electron chi connectivity index (χ0n) is 20.7. The Labute approximate surface area is 209 Å². The standard InChI is InChI=1S/C27H28N8O/c1-18(2)23-15-24(34(31-23)21-11-7-5-8-12-21)29-27(36)30-26-19(3)25(20-16-28-33(4)17-20)32-35(26)22-13-9-6-10-14-22/h5-18H,1-4H3,(H2,29,30,36). The minimum atomic E-state index is -0.389. The van der Waals surface area contributed by atoms with Crippen LogP contribution in [0.2, 0.25) is 0 Å². The van der Waals surface area contributed by atoms with E-state index in [1.807, 2.05) is 86.9 Å². The molecule has 0 aliphatic rings. The van der Waals surface area contributed by atoms with Gasteiger partial charge in [-0.15, -0.1) is 0 Å². The molecule has 0 aliphatic carbocycles. The lowest BCUT2D eigenvalue weighted by Crippen LogP contribution is -2.23. The quantitative estimate of drug-likeness (QED) is 0.334. The molecule has 2 amide bonds. The topological polar surface area (TPSA) is 94.6 Å². The third kappa shape index (κ3) is 4.50. The summed E-state index contributed by atoms with van der Waals surface area (Å²) in [5.74, 6) is 1.37. The maximum absolute atomic E-state index is 13.3. The van der Waals surface area contributed by atoms with E-state index in [1.165, 1.54) is 0 Å². The zero-order chi connectivity index (χ0) is 25.2. The number of anilines is 2. The number of aryl methyl sites for hydroxylation is 1. The van der Waals surface area contributed by atoms with Gasteiger partial charge >= 0.3 is 6.03 Å². The van der Waals surface area contributed by atoms with Crippen LogP contribution in [0.15, 0.2) is 79.1 Å². The average Bonchev–Trinajstić information content (AvgIpc) is 3.58. The third-order valence-corrected chi connectivity index (χ3v) is 5.90. The Morgan fingerprint density at radius 1 is 0.889 bits per heavy atom. The first-order valence-corrected chi connectivity index (χ1v) is 11.8. The first-order valence-electron chi connectivity index (χ1n) is 11.8. The monoisotopic (exact) mass is 480 g/mol. The largest absolute Gasteiger partial charge is 0.326 e. The van der Waals surface area contributed by atoms with Crippen LogP contribution < -0.4 is 10.6 Å². The van der Waals surface area contributed by atoms with Gasteiger partial charge in [0.2, 0.25) is 0 Å². The number of carbonyl (C=O) groups is 1. The highest BCUT2D eigenvalue weighted by Gasteiger charge is 2.21. The first-order chi connectivity index (χ1) is 17.4. The van der Waals surface area contributed by atoms with Crippen LogP contribution in [0.3, 0.4) is 0 Å². The van der Waals surface area contributed by atoms with Crippen LogP contribution in [0.25, 0.3) is 22.6 Å². The third-order valence-electron chi connectivity index (χ3n) is 5.90. The van der Waals surface area contributed by atoms with Crippen molar-refractivity contribution in [1.82, 2.24) is 29.3 Å². The molecule has 0 saturated heterocycles. The molecule has 2 aromatic carbocycles. The molecule has 182 valence electrons. The molecule has 0 radical (unpaired) electrons. The molecule has 5 aromatic rings. The number of benzene rings is 2. The van der Waals surface area contributed by atoms with Crippen molar-refractivity contribution in [1.29, 1.82) is 0 Å². The summed E-state index contributed by atoms with van der Waals surface area (Å²) in [4.78, 5) is 13.3. The highest BCUT2D eigenvalue weighted by atomic mass is 16.2. The number of urea groups is 1. The van der Waals surface area contributed by atoms with Crippen LogP contribution in [0.4, 0.5) is 16.4 Å². The molecule has 36 heavy (non-hydrogen) atoms. The average molecular weight is 481 g/mol. The van der Waals surface area contributed by atoms with Crippen molar-refractivity contribution in [2.45, 2.75) is 26.7 Å². The van der Waals surface area contributed by atoms with E-state index >= 15 is 0 Å². The van der Waals surface area contributed by atoms with Crippen LogP contribution in [0.5, 0.6) is 0 Å². The molecule has 2 N–H and O–H groups in total. The number of aromatic nitrogens is 6. The number of nitrogens with one attached hydrogen (secondary N) is 2. The molecule has 0 aliphatic heterocycles. The zero-order valence-corrected chi connectivity index (χ0v) is 20.7. The van der Waals surface area contributed by atoms with E-state index in [-0.39, 0.29) is 11.9 Å². The molecule has 3 aromatic heterocycles. The normalized spacial score (nSPS) is 11.1. The Morgan fingerprint density at radius 3 is 2.11 bits per heavy atom. The van der Waals surface area contributed by atoms with E-state index in [2.05, 4.69) is 29.6 Å². The number of nitrogens with zero attached hydrogens (tertiary/aromatic N) is 6. The highest BCUT2D eigenvalue weighted by Crippen LogP contribution is 2.30. The second-order valence-corrected chi connectivity index (χ2v) is 8.91. The van der Waals surface area contributed by atoms with E-state index in [9.17, 15) is 4.79 Å². The number of hydrogen-bond donors (Lipinski definition) is 2. The summed E-state index contributed by atoms with van der Waals surface area (Å²) in [5, 5.41) is 19.8. The van der Waals surface area contributed by atoms with Crippen molar-refractivity contribution in [3.8, 4) is 22.6 Å². The lowest BCUT2D eigenvalue weighted by Gasteiger charge is -2.12. The van der Waals surface area contributed by atoms with Gasteiger partial charge < -0.3 is 0 Å². The highest BCUT2D eigenvalue weighted by molar-refractivity contribution is 6.00. The second-order valence-electron chi connectivity index (χ2n) is 8.91. The van der Waals surface area contributed by atoms with Gasteiger partial charge in [-0.05, 0) is 37.1 Å². The number of hydrogen-bond acceptors (Lipinski definition) is 4. The van der Waals surface area contributed by atoms with Crippen LogP contribution in [-0.4, -0.2) is 35.4 Å². The summed E-state index contributed by atoms with van der Waals surface area (Å²) in [6, 6.07) is 21.0. The number of carbonyl (C=O) groups excluding carboxylic acids is 1. The maximum atomic E-state index is 13.3. The fourth-order valence-corrected chi connectivity index (χ4v) is 4.01. The minimum absolute atomic E-state index is 0.211. The molecule has 0 saturated carbocycles. The van der Waals surface area contributed by atoms with Gasteiger partial charge in [-0.25, -0.2) is 14.2 Å². The summed E-state index contributed by atoms with van der Waals surface area (Å²) in [6.07, 6.45) is 3.67. The molecular formula is C27H28N8O. The smallest absolute Gasteiger partial charge is 0.292 e. The Balaban J connectivity index is 1.50. The van der Waals surface area contributed by atoms with Crippen LogP contribution in [0, 0.1) is 6.92 Å². The van der Waals surface area contributed by atoms with Crippen molar-refractivity contribution in [3.63, 3.8) is 0 Å². The molecule has 3 heterocycles. The number of rotatable bonds is 6. The van der Waals surface area contributed by atoms with Gasteiger partial charge in [0.1, 0.15) is 17.3 Å². The lowest BCUT2D eigenvalue weighted by molar-refractivity contribution is 0.262. The fraction of sp³-hybridized carbons (Fsp3) is 0.185. The summed E-state index contributed by atoms with van der Waals surface area (Å²) in [7, 11) is 1.86. The van der Waals surface area contributed by atoms with E-state index in [0.29, 0.717) is 11.6 Å². The summed E-state index contributed by atoms with van der Waals surface area (Å²) in [5.41, 5.74) is 5.04. The van der Waals surface area contributed by atoms with Gasteiger partial charge in [-0.3, -0.25) is 15.3 Å². The molecular weight excluding hydrogens is 452 g/mol. The van der Waals surface area contributed by atoms with Crippen molar-refractivity contribution in [3.05, 3.63) is 90.4 Å². The van der Waals surface area contributed by atoms with Gasteiger partial charge in [-0.1, -0.05) is 50.2 Å². The Bertz CT molecular complexity index is 1500. The van der Waals surface area contributed by atoms with E-state index in [0.717, 1.165) is 33.9 Å². The van der Waals surface area contributed by atoms with Gasteiger partial charge in [0.05, 0.1) is 23.3 Å². The molecule has 0 fully saturated rings. The van der Waals surface area contributed by atoms with Gasteiger partial charge in [0.25, 0.3) is 0 Å². The van der Waals surface area contributed by atoms with E-state index in [4.69, 9.17) is 10.2 Å². The van der Waals surface area contributed by atoms with Crippen LogP contribution in [-0.2, 0) is 7.05 Å². The van der Waals surface area contributed by atoms with Crippen LogP contribution in [0.1, 0.15) is 31.0 Å². The summed E-state index contributed by atoms with van der Waals surface area (Å²) < 4.78 is 5.22. The SMILES string of the molecule is Cc1c(-c2cnn(C)c2)nn(-c2ccccc2)c1NC(=O)Nc1cc(C(C)C)nn1-c1ccccc1. The second kappa shape index (κ2) is 9.53. The fourth-order valence-electron chi connectivity index (χ4n) is 4.01. The van der Waals surface area contributed by atoms with Gasteiger partial charge in [-0.2, -0.15) is 15.3 Å². The maximum Gasteiger partial charge on any atom is 0.326 e. The number of amides is 2. The molecule has 0 unspecified atom stereocenters. The number of para-hydroxylation sites is 2. The molecule has 9 nitrogen and oxygen atoms in total. The summed E-state index contributed by atoms with van der Waals surface area (Å²) in [6.45, 7) is 6.09. The van der Waals surface area contributed by atoms with E-state index in [1.54, 1.807) is 20.2 Å². The Kier molecular flexibility index (Phi) is 6.12. The molecule has 0 atom stereocenters. The molecule has 9 heteroatoms. The van der Waals surface area contributed by atoms with Crippen molar-refractivity contribution in [2.24, 2.45) is 7.05 Å². The van der Waals surface area contributed by atoms with Crippen molar-refractivity contribution in [2.75, 3.05) is 10.6 Å². The predicted molar refractivity (Wildman–Crippen MR) is 141 cm³/mol. The predicted octanol–water partition coefficient (Wildman–Crippen LogP) is 5.53.